The van der Waals surface area contributed by atoms with Crippen LogP contribution in [0.5, 0.6) is 0 Å². The minimum atomic E-state index is -0.0133. The number of ether oxygens (including phenoxy) is 1. The standard InChI is InChI=1S/C11H26N2O/c1-5-8-13(10-7-12)9-6-11(2,3)14-4/h5-10,12H2,1-4H3. The molecule has 0 radical (unpaired) electrons. The molecule has 0 aliphatic carbocycles. The van der Waals surface area contributed by atoms with Gasteiger partial charge in [0, 0.05) is 26.7 Å². The molecule has 0 aromatic heterocycles. The van der Waals surface area contributed by atoms with Crippen molar-refractivity contribution in [3.05, 3.63) is 0 Å². The fourth-order valence-corrected chi connectivity index (χ4v) is 1.36. The highest BCUT2D eigenvalue weighted by atomic mass is 16.5. The molecule has 0 rings (SSSR count). The predicted octanol–water partition coefficient (Wildman–Crippen LogP) is 1.47. The van der Waals surface area contributed by atoms with Crippen LogP contribution >= 0.6 is 0 Å². The van der Waals surface area contributed by atoms with Crippen LogP contribution in [0.25, 0.3) is 0 Å². The maximum absolute atomic E-state index is 5.56. The smallest absolute Gasteiger partial charge is 0.0634 e. The zero-order chi connectivity index (χ0) is 11.0. The van der Waals surface area contributed by atoms with Crippen molar-refractivity contribution in [3.63, 3.8) is 0 Å². The molecule has 0 aliphatic rings. The fourth-order valence-electron chi connectivity index (χ4n) is 1.36. The second kappa shape index (κ2) is 7.21. The molecule has 0 saturated carbocycles. The Hall–Kier alpha value is -0.120. The van der Waals surface area contributed by atoms with E-state index in [1.165, 1.54) is 6.42 Å². The molecule has 0 aliphatic heterocycles. The summed E-state index contributed by atoms with van der Waals surface area (Å²) in [7, 11) is 1.77. The van der Waals surface area contributed by atoms with E-state index in [0.717, 1.165) is 32.6 Å². The second-order valence-electron chi connectivity index (χ2n) is 4.34. The third-order valence-electron chi connectivity index (χ3n) is 2.57. The summed E-state index contributed by atoms with van der Waals surface area (Å²) in [5, 5.41) is 0. The highest BCUT2D eigenvalue weighted by molar-refractivity contribution is 4.70. The van der Waals surface area contributed by atoms with Crippen LogP contribution in [0.2, 0.25) is 0 Å². The van der Waals surface area contributed by atoms with Crippen molar-refractivity contribution in [2.75, 3.05) is 33.3 Å². The molecule has 0 saturated heterocycles. The molecule has 0 spiro atoms. The van der Waals surface area contributed by atoms with Gasteiger partial charge in [-0.05, 0) is 33.2 Å². The minimum absolute atomic E-state index is 0.0133. The van der Waals surface area contributed by atoms with Gasteiger partial charge in [-0.25, -0.2) is 0 Å². The van der Waals surface area contributed by atoms with Gasteiger partial charge in [0.05, 0.1) is 5.60 Å². The summed E-state index contributed by atoms with van der Waals surface area (Å²) in [6.07, 6.45) is 2.25. The molecule has 0 aromatic rings. The molecular formula is C11H26N2O. The van der Waals surface area contributed by atoms with Gasteiger partial charge < -0.3 is 15.4 Å². The summed E-state index contributed by atoms with van der Waals surface area (Å²) in [5.41, 5.74) is 5.55. The van der Waals surface area contributed by atoms with Crippen LogP contribution in [-0.4, -0.2) is 43.8 Å². The average molecular weight is 202 g/mol. The molecule has 3 nitrogen and oxygen atoms in total. The first kappa shape index (κ1) is 13.9. The second-order valence-corrected chi connectivity index (χ2v) is 4.34. The highest BCUT2D eigenvalue weighted by Gasteiger charge is 2.17. The molecule has 0 atom stereocenters. The summed E-state index contributed by atoms with van der Waals surface area (Å²) in [6.45, 7) is 10.4. The zero-order valence-electron chi connectivity index (χ0n) is 10.2. The van der Waals surface area contributed by atoms with Crippen LogP contribution in [0, 0.1) is 0 Å². The third-order valence-corrected chi connectivity index (χ3v) is 2.57. The zero-order valence-corrected chi connectivity index (χ0v) is 10.2. The van der Waals surface area contributed by atoms with E-state index in [2.05, 4.69) is 25.7 Å². The predicted molar refractivity (Wildman–Crippen MR) is 61.5 cm³/mol. The SMILES string of the molecule is CCCN(CCN)CCC(C)(C)OC. The maximum atomic E-state index is 5.56. The monoisotopic (exact) mass is 202 g/mol. The van der Waals surface area contributed by atoms with Crippen LogP contribution in [-0.2, 0) is 4.74 Å². The molecule has 0 amide bonds. The Labute approximate surface area is 88.6 Å². The van der Waals surface area contributed by atoms with E-state index in [4.69, 9.17) is 10.5 Å². The van der Waals surface area contributed by atoms with Crippen molar-refractivity contribution in [2.24, 2.45) is 5.73 Å². The van der Waals surface area contributed by atoms with Crippen molar-refractivity contribution < 1.29 is 4.74 Å². The Morgan fingerprint density at radius 2 is 1.86 bits per heavy atom. The van der Waals surface area contributed by atoms with Crippen molar-refractivity contribution >= 4 is 0 Å². The molecule has 2 N–H and O–H groups in total. The topological polar surface area (TPSA) is 38.5 Å². The van der Waals surface area contributed by atoms with Crippen molar-refractivity contribution in [2.45, 2.75) is 39.2 Å². The lowest BCUT2D eigenvalue weighted by molar-refractivity contribution is 0.00762. The van der Waals surface area contributed by atoms with Crippen molar-refractivity contribution in [1.29, 1.82) is 0 Å². The van der Waals surface area contributed by atoms with Crippen LogP contribution < -0.4 is 5.73 Å². The molecular weight excluding hydrogens is 176 g/mol. The van der Waals surface area contributed by atoms with Gasteiger partial charge in [0.25, 0.3) is 0 Å². The van der Waals surface area contributed by atoms with Crippen LogP contribution in [0.15, 0.2) is 0 Å². The summed E-state index contributed by atoms with van der Waals surface area (Å²) < 4.78 is 5.39. The Kier molecular flexibility index (Phi) is 7.15. The summed E-state index contributed by atoms with van der Waals surface area (Å²) >= 11 is 0. The lowest BCUT2D eigenvalue weighted by atomic mass is 10.1. The molecule has 14 heavy (non-hydrogen) atoms. The number of methoxy groups -OCH3 is 1. The first-order valence-electron chi connectivity index (χ1n) is 5.53. The number of hydrogen-bond donors (Lipinski definition) is 1. The van der Waals surface area contributed by atoms with Crippen molar-refractivity contribution in [3.8, 4) is 0 Å². The van der Waals surface area contributed by atoms with Crippen LogP contribution in [0.3, 0.4) is 0 Å². The van der Waals surface area contributed by atoms with Gasteiger partial charge in [0.15, 0.2) is 0 Å². The lowest BCUT2D eigenvalue weighted by Crippen LogP contribution is -2.35. The van der Waals surface area contributed by atoms with E-state index in [0.29, 0.717) is 0 Å². The molecule has 86 valence electrons. The minimum Gasteiger partial charge on any atom is -0.379 e. The maximum Gasteiger partial charge on any atom is 0.0634 e. The third kappa shape index (κ3) is 6.35. The summed E-state index contributed by atoms with van der Waals surface area (Å²) in [5.74, 6) is 0. The number of nitrogens with zero attached hydrogens (tertiary/aromatic N) is 1. The molecule has 0 fully saturated rings. The van der Waals surface area contributed by atoms with Gasteiger partial charge in [0.1, 0.15) is 0 Å². The molecule has 0 unspecified atom stereocenters. The highest BCUT2D eigenvalue weighted by Crippen LogP contribution is 2.13. The molecule has 3 heteroatoms. The quantitative estimate of drug-likeness (QED) is 0.648. The average Bonchev–Trinajstić information content (AvgIpc) is 2.15. The van der Waals surface area contributed by atoms with E-state index < -0.39 is 0 Å². The number of nitrogens with two attached hydrogens (primary N) is 1. The van der Waals surface area contributed by atoms with Crippen LogP contribution in [0.1, 0.15) is 33.6 Å². The number of rotatable bonds is 8. The first-order valence-corrected chi connectivity index (χ1v) is 5.53. The number of hydrogen-bond acceptors (Lipinski definition) is 3. The normalized spacial score (nSPS) is 12.4. The van der Waals surface area contributed by atoms with E-state index in [-0.39, 0.29) is 5.60 Å². The Bertz CT molecular complexity index is 131. The van der Waals surface area contributed by atoms with Gasteiger partial charge >= 0.3 is 0 Å². The van der Waals surface area contributed by atoms with Gasteiger partial charge in [-0.1, -0.05) is 6.92 Å². The van der Waals surface area contributed by atoms with E-state index in [1.807, 2.05) is 0 Å². The van der Waals surface area contributed by atoms with E-state index >= 15 is 0 Å². The van der Waals surface area contributed by atoms with E-state index in [9.17, 15) is 0 Å². The lowest BCUT2D eigenvalue weighted by Gasteiger charge is -2.28. The van der Waals surface area contributed by atoms with Gasteiger partial charge in [-0.15, -0.1) is 0 Å². The largest absolute Gasteiger partial charge is 0.379 e. The Morgan fingerprint density at radius 3 is 2.29 bits per heavy atom. The fraction of sp³-hybridized carbons (Fsp3) is 1.00. The van der Waals surface area contributed by atoms with Crippen LogP contribution in [0.4, 0.5) is 0 Å². The summed E-state index contributed by atoms with van der Waals surface area (Å²) in [4.78, 5) is 2.40. The summed E-state index contributed by atoms with van der Waals surface area (Å²) in [6, 6.07) is 0. The van der Waals surface area contributed by atoms with Crippen molar-refractivity contribution in [1.82, 2.24) is 4.90 Å². The van der Waals surface area contributed by atoms with Gasteiger partial charge in [-0.2, -0.15) is 0 Å². The Balaban J connectivity index is 3.80. The van der Waals surface area contributed by atoms with Gasteiger partial charge in [-0.3, -0.25) is 0 Å². The van der Waals surface area contributed by atoms with E-state index in [1.54, 1.807) is 7.11 Å². The molecule has 0 aromatic carbocycles. The van der Waals surface area contributed by atoms with Gasteiger partial charge in [0.2, 0.25) is 0 Å². The Morgan fingerprint density at radius 1 is 1.21 bits per heavy atom. The molecule has 0 heterocycles. The first-order chi connectivity index (χ1) is 6.55. The molecule has 0 bridgehead atoms.